The summed E-state index contributed by atoms with van der Waals surface area (Å²) in [5.74, 6) is -1.58. The van der Waals surface area contributed by atoms with Crippen LogP contribution in [0.5, 0.6) is 0 Å². The van der Waals surface area contributed by atoms with E-state index < -0.39 is 65.4 Å². The van der Waals surface area contributed by atoms with Crippen LogP contribution in [0.2, 0.25) is 0 Å². The summed E-state index contributed by atoms with van der Waals surface area (Å²) < 4.78 is 127. The van der Waals surface area contributed by atoms with Crippen molar-refractivity contribution in [3.8, 4) is 0 Å². The summed E-state index contributed by atoms with van der Waals surface area (Å²) in [5.41, 5.74) is -5.59. The topological polar surface area (TPSA) is 49.8 Å². The SMILES string of the molecule is CCOC(=O)N1c2ccc(C(F)(F)F)cc2C(C(CO)c2cc(C(F)(F)F)cc(C(F)(F)F)c2)=C[C@@H]1CC. The van der Waals surface area contributed by atoms with Crippen molar-refractivity contribution in [2.75, 3.05) is 18.1 Å². The standard InChI is InChI=1S/C25H22F9NO3/c1-3-17-11-18(19-10-14(23(26,27)28)5-6-21(19)35(17)22(37)38-4-2)20(12-36)13-7-15(24(29,30)31)9-16(8-13)25(32,33)34/h5-11,17,20,36H,3-4,12H2,1-2H3/t17-,20?/m0/s1. The Morgan fingerprint density at radius 1 is 0.895 bits per heavy atom. The van der Waals surface area contributed by atoms with E-state index in [2.05, 4.69) is 0 Å². The van der Waals surface area contributed by atoms with Crippen LogP contribution in [0.4, 0.5) is 50.0 Å². The largest absolute Gasteiger partial charge is 0.449 e. The van der Waals surface area contributed by atoms with Crippen LogP contribution in [0.1, 0.15) is 54.0 Å². The number of hydrogen-bond acceptors (Lipinski definition) is 3. The van der Waals surface area contributed by atoms with Crippen LogP contribution in [0.25, 0.3) is 5.57 Å². The lowest BCUT2D eigenvalue weighted by Gasteiger charge is -2.37. The normalized spacial score (nSPS) is 17.1. The van der Waals surface area contributed by atoms with Crippen molar-refractivity contribution in [2.45, 2.75) is 50.8 Å². The highest BCUT2D eigenvalue weighted by atomic mass is 19.4. The molecule has 4 nitrogen and oxygen atoms in total. The number of aliphatic hydroxyl groups excluding tert-OH is 1. The first-order chi connectivity index (χ1) is 17.5. The number of aliphatic hydroxyl groups is 1. The number of halogens is 9. The first kappa shape index (κ1) is 29.3. The highest BCUT2D eigenvalue weighted by Gasteiger charge is 2.40. The van der Waals surface area contributed by atoms with E-state index in [1.54, 1.807) is 6.92 Å². The van der Waals surface area contributed by atoms with Crippen LogP contribution >= 0.6 is 0 Å². The lowest BCUT2D eigenvalue weighted by molar-refractivity contribution is -0.143. The van der Waals surface area contributed by atoms with E-state index in [-0.39, 0.29) is 35.9 Å². The molecule has 2 aromatic carbocycles. The molecule has 1 heterocycles. The fraction of sp³-hybridized carbons (Fsp3) is 0.400. The van der Waals surface area contributed by atoms with Crippen molar-refractivity contribution in [1.29, 1.82) is 0 Å². The molecule has 1 unspecified atom stereocenters. The third kappa shape index (κ3) is 5.92. The van der Waals surface area contributed by atoms with Crippen LogP contribution in [-0.4, -0.2) is 30.5 Å². The first-order valence-electron chi connectivity index (χ1n) is 11.3. The number of fused-ring (bicyclic) bond motifs is 1. The monoisotopic (exact) mass is 555 g/mol. The maximum absolute atomic E-state index is 13.6. The highest BCUT2D eigenvalue weighted by Crippen LogP contribution is 2.46. The van der Waals surface area contributed by atoms with Crippen LogP contribution in [0, 0.1) is 0 Å². The smallest absolute Gasteiger partial charge is 0.416 e. The second kappa shape index (κ2) is 10.5. The predicted molar refractivity (Wildman–Crippen MR) is 119 cm³/mol. The Kier molecular flexibility index (Phi) is 8.11. The molecule has 38 heavy (non-hydrogen) atoms. The van der Waals surface area contributed by atoms with Gasteiger partial charge in [0.2, 0.25) is 0 Å². The first-order valence-corrected chi connectivity index (χ1v) is 11.3. The Morgan fingerprint density at radius 2 is 1.45 bits per heavy atom. The van der Waals surface area contributed by atoms with Crippen LogP contribution in [0.15, 0.2) is 42.5 Å². The molecule has 0 fully saturated rings. The number of nitrogens with zero attached hydrogens (tertiary/aromatic N) is 1. The number of alkyl halides is 9. The Balaban J connectivity index is 2.31. The summed E-state index contributed by atoms with van der Waals surface area (Å²) in [6.07, 6.45) is -14.7. The number of rotatable bonds is 5. The molecule has 0 saturated carbocycles. The van der Waals surface area contributed by atoms with Crippen LogP contribution in [0.3, 0.4) is 0 Å². The molecular weight excluding hydrogens is 533 g/mol. The summed E-state index contributed by atoms with van der Waals surface area (Å²) in [6.45, 7) is 2.02. The minimum Gasteiger partial charge on any atom is -0.449 e. The average molecular weight is 555 g/mol. The molecule has 1 amide bonds. The Morgan fingerprint density at radius 3 is 1.89 bits per heavy atom. The van der Waals surface area contributed by atoms with E-state index in [4.69, 9.17) is 4.74 Å². The number of carbonyl (C=O) groups excluding carboxylic acids is 1. The molecule has 208 valence electrons. The fourth-order valence-electron chi connectivity index (χ4n) is 4.30. The van der Waals surface area contributed by atoms with E-state index >= 15 is 0 Å². The summed E-state index contributed by atoms with van der Waals surface area (Å²) in [7, 11) is 0. The van der Waals surface area contributed by atoms with E-state index in [1.807, 2.05) is 0 Å². The number of hydrogen-bond donors (Lipinski definition) is 1. The third-order valence-electron chi connectivity index (χ3n) is 6.05. The molecule has 2 aromatic rings. The maximum Gasteiger partial charge on any atom is 0.416 e. The summed E-state index contributed by atoms with van der Waals surface area (Å²) >= 11 is 0. The summed E-state index contributed by atoms with van der Waals surface area (Å²) in [6, 6.07) is 2.19. The molecule has 0 aromatic heterocycles. The van der Waals surface area contributed by atoms with Crippen molar-refractivity contribution >= 4 is 17.4 Å². The van der Waals surface area contributed by atoms with E-state index in [9.17, 15) is 49.4 Å². The van der Waals surface area contributed by atoms with Gasteiger partial charge < -0.3 is 9.84 Å². The average Bonchev–Trinajstić information content (AvgIpc) is 2.82. The zero-order chi connectivity index (χ0) is 28.6. The fourth-order valence-corrected chi connectivity index (χ4v) is 4.30. The van der Waals surface area contributed by atoms with Crippen molar-refractivity contribution in [3.63, 3.8) is 0 Å². The maximum atomic E-state index is 13.6. The van der Waals surface area contributed by atoms with Gasteiger partial charge in [-0.15, -0.1) is 0 Å². The van der Waals surface area contributed by atoms with Gasteiger partial charge in [-0.25, -0.2) is 4.79 Å². The number of carbonyl (C=O) groups is 1. The van der Waals surface area contributed by atoms with Crippen LogP contribution in [-0.2, 0) is 23.3 Å². The quantitative estimate of drug-likeness (QED) is 0.386. The van der Waals surface area contributed by atoms with Gasteiger partial charge in [0.25, 0.3) is 0 Å². The Labute approximate surface area is 211 Å². The van der Waals surface area contributed by atoms with E-state index in [0.717, 1.165) is 11.0 Å². The molecule has 1 aliphatic rings. The minimum absolute atomic E-state index is 0.0674. The van der Waals surface area contributed by atoms with Gasteiger partial charge in [-0.3, -0.25) is 4.90 Å². The predicted octanol–water partition coefficient (Wildman–Crippen LogP) is 7.66. The molecule has 0 aliphatic carbocycles. The number of benzene rings is 2. The zero-order valence-corrected chi connectivity index (χ0v) is 19.9. The lowest BCUT2D eigenvalue weighted by atomic mass is 9.81. The molecule has 1 N–H and O–H groups in total. The van der Waals surface area contributed by atoms with Crippen molar-refractivity contribution in [3.05, 3.63) is 70.3 Å². The molecular formula is C25H22F9NO3. The summed E-state index contributed by atoms with van der Waals surface area (Å²) in [5, 5.41) is 10.2. The molecule has 0 radical (unpaired) electrons. The highest BCUT2D eigenvalue weighted by molar-refractivity contribution is 5.97. The van der Waals surface area contributed by atoms with Gasteiger partial charge in [0, 0.05) is 11.5 Å². The second-order valence-corrected chi connectivity index (χ2v) is 8.47. The Hall–Kier alpha value is -3.22. The molecule has 0 bridgehead atoms. The van der Waals surface area contributed by atoms with Gasteiger partial charge in [-0.1, -0.05) is 13.0 Å². The molecule has 2 atom stereocenters. The van der Waals surface area contributed by atoms with Crippen molar-refractivity contribution in [2.24, 2.45) is 0 Å². The van der Waals surface area contributed by atoms with Gasteiger partial charge in [0.1, 0.15) is 0 Å². The minimum atomic E-state index is -5.18. The number of ether oxygens (including phenoxy) is 1. The molecule has 3 rings (SSSR count). The van der Waals surface area contributed by atoms with Gasteiger partial charge >= 0.3 is 24.6 Å². The van der Waals surface area contributed by atoms with Gasteiger partial charge in [0.05, 0.1) is 41.6 Å². The van der Waals surface area contributed by atoms with Crippen LogP contribution < -0.4 is 4.90 Å². The molecule has 1 aliphatic heterocycles. The number of amides is 1. The summed E-state index contributed by atoms with van der Waals surface area (Å²) in [4.78, 5) is 13.8. The van der Waals surface area contributed by atoms with Gasteiger partial charge in [-0.2, -0.15) is 39.5 Å². The molecule has 0 saturated heterocycles. The van der Waals surface area contributed by atoms with Gasteiger partial charge in [0.15, 0.2) is 0 Å². The Bertz CT molecular complexity index is 1180. The van der Waals surface area contributed by atoms with E-state index in [0.29, 0.717) is 24.3 Å². The second-order valence-electron chi connectivity index (χ2n) is 8.47. The van der Waals surface area contributed by atoms with Gasteiger partial charge in [-0.05, 0) is 60.9 Å². The van der Waals surface area contributed by atoms with Crippen molar-refractivity contribution < 1.29 is 54.2 Å². The zero-order valence-electron chi connectivity index (χ0n) is 19.9. The lowest BCUT2D eigenvalue weighted by Crippen LogP contribution is -2.42. The van der Waals surface area contributed by atoms with Crippen molar-refractivity contribution in [1.82, 2.24) is 0 Å². The third-order valence-corrected chi connectivity index (χ3v) is 6.05. The molecule has 13 heteroatoms. The molecule has 0 spiro atoms. The number of anilines is 1. The van der Waals surface area contributed by atoms with E-state index in [1.165, 1.54) is 13.0 Å².